The average Bonchev–Trinajstić information content (AvgIpc) is 2.68. The second-order valence-electron chi connectivity index (χ2n) is 8.12. The zero-order valence-corrected chi connectivity index (χ0v) is 17.9. The van der Waals surface area contributed by atoms with Gasteiger partial charge in [-0.1, -0.05) is 13.8 Å². The Labute approximate surface area is 173 Å². The topological polar surface area (TPSA) is 73.4 Å². The standard InChI is InChI=1S/C22H32N6O/c1-16(2)9-10-23-22-24-17(3)15-20(26-22)21(29)25-18-5-7-19(8-6-18)28-13-11-27(4)12-14-28/h5-8,15-16H,9-14H2,1-4H3,(H,25,29)(H,23,24,26). The van der Waals surface area contributed by atoms with Crippen LogP contribution in [0, 0.1) is 12.8 Å². The smallest absolute Gasteiger partial charge is 0.274 e. The van der Waals surface area contributed by atoms with E-state index in [1.807, 2.05) is 19.1 Å². The van der Waals surface area contributed by atoms with Crippen LogP contribution in [0.5, 0.6) is 0 Å². The van der Waals surface area contributed by atoms with E-state index in [0.29, 0.717) is 17.6 Å². The molecule has 7 heteroatoms. The lowest BCUT2D eigenvalue weighted by Gasteiger charge is -2.34. The SMILES string of the molecule is Cc1cc(C(=O)Nc2ccc(N3CCN(C)CC3)cc2)nc(NCCC(C)C)n1. The third kappa shape index (κ3) is 6.15. The lowest BCUT2D eigenvalue weighted by Crippen LogP contribution is -2.44. The Balaban J connectivity index is 1.61. The zero-order chi connectivity index (χ0) is 20.8. The van der Waals surface area contributed by atoms with E-state index in [4.69, 9.17) is 0 Å². The van der Waals surface area contributed by atoms with Crippen molar-refractivity contribution in [1.82, 2.24) is 14.9 Å². The molecular weight excluding hydrogens is 364 g/mol. The van der Waals surface area contributed by atoms with E-state index in [0.717, 1.165) is 50.5 Å². The van der Waals surface area contributed by atoms with E-state index < -0.39 is 0 Å². The van der Waals surface area contributed by atoms with Crippen LogP contribution in [0.3, 0.4) is 0 Å². The molecule has 2 heterocycles. The highest BCUT2D eigenvalue weighted by molar-refractivity contribution is 6.03. The quantitative estimate of drug-likeness (QED) is 0.748. The van der Waals surface area contributed by atoms with E-state index in [9.17, 15) is 4.79 Å². The van der Waals surface area contributed by atoms with Gasteiger partial charge in [0.1, 0.15) is 5.69 Å². The number of hydrogen-bond donors (Lipinski definition) is 2. The highest BCUT2D eigenvalue weighted by Crippen LogP contribution is 2.20. The number of hydrogen-bond acceptors (Lipinski definition) is 6. The molecule has 2 aromatic rings. The molecule has 0 bridgehead atoms. The fourth-order valence-electron chi connectivity index (χ4n) is 3.25. The third-order valence-electron chi connectivity index (χ3n) is 5.09. The minimum Gasteiger partial charge on any atom is -0.369 e. The van der Waals surface area contributed by atoms with Gasteiger partial charge in [0, 0.05) is 49.8 Å². The van der Waals surface area contributed by atoms with Crippen LogP contribution >= 0.6 is 0 Å². The van der Waals surface area contributed by atoms with Gasteiger partial charge in [0.05, 0.1) is 0 Å². The first-order valence-electron chi connectivity index (χ1n) is 10.3. The molecule has 0 aliphatic carbocycles. The molecule has 0 radical (unpaired) electrons. The summed E-state index contributed by atoms with van der Waals surface area (Å²) in [6.45, 7) is 11.2. The molecule has 1 aromatic heterocycles. The van der Waals surface area contributed by atoms with Gasteiger partial charge < -0.3 is 20.4 Å². The second-order valence-corrected chi connectivity index (χ2v) is 8.12. The van der Waals surface area contributed by atoms with Crippen molar-refractivity contribution in [3.05, 3.63) is 41.7 Å². The highest BCUT2D eigenvalue weighted by Gasteiger charge is 2.15. The molecule has 1 aliphatic heterocycles. The monoisotopic (exact) mass is 396 g/mol. The average molecular weight is 397 g/mol. The predicted molar refractivity (Wildman–Crippen MR) is 119 cm³/mol. The molecule has 1 amide bonds. The predicted octanol–water partition coefficient (Wildman–Crippen LogP) is 3.25. The number of carbonyl (C=O) groups excluding carboxylic acids is 1. The van der Waals surface area contributed by atoms with Crippen LogP contribution in [-0.4, -0.2) is 60.5 Å². The molecule has 1 saturated heterocycles. The van der Waals surface area contributed by atoms with Gasteiger partial charge in [-0.15, -0.1) is 0 Å². The van der Waals surface area contributed by atoms with Crippen LogP contribution in [0.4, 0.5) is 17.3 Å². The van der Waals surface area contributed by atoms with Crippen LogP contribution in [0.25, 0.3) is 0 Å². The largest absolute Gasteiger partial charge is 0.369 e. The molecule has 1 fully saturated rings. The van der Waals surface area contributed by atoms with Gasteiger partial charge in [-0.2, -0.15) is 0 Å². The number of aryl methyl sites for hydroxylation is 1. The number of aromatic nitrogens is 2. The molecule has 156 valence electrons. The number of piperazine rings is 1. The van der Waals surface area contributed by atoms with Crippen molar-refractivity contribution >= 4 is 23.2 Å². The number of anilines is 3. The normalized spacial score (nSPS) is 14.9. The maximum absolute atomic E-state index is 12.7. The Morgan fingerprint density at radius 2 is 1.79 bits per heavy atom. The Morgan fingerprint density at radius 1 is 1.10 bits per heavy atom. The van der Waals surface area contributed by atoms with Crippen molar-refractivity contribution in [3.8, 4) is 0 Å². The molecule has 3 rings (SSSR count). The van der Waals surface area contributed by atoms with E-state index >= 15 is 0 Å². The van der Waals surface area contributed by atoms with E-state index in [-0.39, 0.29) is 5.91 Å². The lowest BCUT2D eigenvalue weighted by atomic mass is 10.1. The van der Waals surface area contributed by atoms with Crippen LogP contribution in [0.1, 0.15) is 36.5 Å². The van der Waals surface area contributed by atoms with Gasteiger partial charge in [0.25, 0.3) is 5.91 Å². The van der Waals surface area contributed by atoms with Crippen molar-refractivity contribution < 1.29 is 4.79 Å². The summed E-state index contributed by atoms with van der Waals surface area (Å²) < 4.78 is 0. The first-order chi connectivity index (χ1) is 13.9. The van der Waals surface area contributed by atoms with Crippen LogP contribution in [-0.2, 0) is 0 Å². The molecule has 0 unspecified atom stereocenters. The van der Waals surface area contributed by atoms with Gasteiger partial charge in [-0.05, 0) is 56.6 Å². The molecule has 29 heavy (non-hydrogen) atoms. The van der Waals surface area contributed by atoms with Crippen LogP contribution < -0.4 is 15.5 Å². The Bertz CT molecular complexity index is 813. The van der Waals surface area contributed by atoms with Gasteiger partial charge in [-0.25, -0.2) is 9.97 Å². The Kier molecular flexibility index (Phi) is 7.04. The Hall–Kier alpha value is -2.67. The van der Waals surface area contributed by atoms with Gasteiger partial charge in [0.2, 0.25) is 5.95 Å². The van der Waals surface area contributed by atoms with Crippen molar-refractivity contribution in [1.29, 1.82) is 0 Å². The number of nitrogens with one attached hydrogen (secondary N) is 2. The minimum absolute atomic E-state index is 0.227. The number of nitrogens with zero attached hydrogens (tertiary/aromatic N) is 4. The second kappa shape index (κ2) is 9.69. The summed E-state index contributed by atoms with van der Waals surface area (Å²) in [5, 5.41) is 6.15. The van der Waals surface area contributed by atoms with Gasteiger partial charge in [-0.3, -0.25) is 4.79 Å². The summed E-state index contributed by atoms with van der Waals surface area (Å²) in [7, 11) is 2.15. The molecule has 7 nitrogen and oxygen atoms in total. The fraction of sp³-hybridized carbons (Fsp3) is 0.500. The summed E-state index contributed by atoms with van der Waals surface area (Å²) in [6.07, 6.45) is 1.03. The summed E-state index contributed by atoms with van der Waals surface area (Å²) in [5.74, 6) is 0.875. The number of likely N-dealkylation sites (N-methyl/N-ethyl adjacent to an activating group) is 1. The van der Waals surface area contributed by atoms with Crippen LogP contribution in [0.2, 0.25) is 0 Å². The van der Waals surface area contributed by atoms with E-state index in [1.54, 1.807) is 6.07 Å². The Morgan fingerprint density at radius 3 is 2.45 bits per heavy atom. The third-order valence-corrected chi connectivity index (χ3v) is 5.09. The summed E-state index contributed by atoms with van der Waals surface area (Å²) in [6, 6.07) is 9.72. The molecule has 1 aliphatic rings. The van der Waals surface area contributed by atoms with Gasteiger partial charge >= 0.3 is 0 Å². The summed E-state index contributed by atoms with van der Waals surface area (Å²) in [4.78, 5) is 26.1. The zero-order valence-electron chi connectivity index (χ0n) is 17.9. The summed E-state index contributed by atoms with van der Waals surface area (Å²) in [5.41, 5.74) is 3.08. The van der Waals surface area contributed by atoms with Crippen molar-refractivity contribution in [2.24, 2.45) is 5.92 Å². The fourth-order valence-corrected chi connectivity index (χ4v) is 3.25. The molecule has 0 saturated carbocycles. The van der Waals surface area contributed by atoms with E-state index in [1.165, 1.54) is 5.69 Å². The minimum atomic E-state index is -0.227. The van der Waals surface area contributed by atoms with Crippen LogP contribution in [0.15, 0.2) is 30.3 Å². The number of rotatable bonds is 7. The molecule has 2 N–H and O–H groups in total. The first-order valence-corrected chi connectivity index (χ1v) is 10.3. The summed E-state index contributed by atoms with van der Waals surface area (Å²) >= 11 is 0. The molecule has 1 aromatic carbocycles. The number of carbonyl (C=O) groups is 1. The first kappa shape index (κ1) is 21.0. The lowest BCUT2D eigenvalue weighted by molar-refractivity contribution is 0.102. The molecule has 0 spiro atoms. The maximum Gasteiger partial charge on any atom is 0.274 e. The number of benzene rings is 1. The van der Waals surface area contributed by atoms with Crippen molar-refractivity contribution in [3.63, 3.8) is 0 Å². The number of amides is 1. The van der Waals surface area contributed by atoms with Gasteiger partial charge in [0.15, 0.2) is 0 Å². The molecular formula is C22H32N6O. The highest BCUT2D eigenvalue weighted by atomic mass is 16.1. The maximum atomic E-state index is 12.7. The van der Waals surface area contributed by atoms with E-state index in [2.05, 4.69) is 63.4 Å². The van der Waals surface area contributed by atoms with Crippen molar-refractivity contribution in [2.45, 2.75) is 27.2 Å². The van der Waals surface area contributed by atoms with Crippen molar-refractivity contribution in [2.75, 3.05) is 55.3 Å². The molecule has 0 atom stereocenters.